The Morgan fingerprint density at radius 1 is 1.73 bits per heavy atom. The molecular formula is C6H9FN4. The zero-order valence-corrected chi connectivity index (χ0v) is 6.13. The van der Waals surface area contributed by atoms with Crippen LogP contribution in [0.1, 0.15) is 6.92 Å². The standard InChI is InChI=1S/C6H9FN4/c1-2-9-6-10-3-4(7)5(8)11-6/h3H,2H2,1H3,(H3,8,9,10,11). The summed E-state index contributed by atoms with van der Waals surface area (Å²) >= 11 is 0. The Morgan fingerprint density at radius 3 is 3.00 bits per heavy atom. The summed E-state index contributed by atoms with van der Waals surface area (Å²) in [7, 11) is 0. The van der Waals surface area contributed by atoms with Gasteiger partial charge in [0.15, 0.2) is 11.6 Å². The Kier molecular flexibility index (Phi) is 2.20. The van der Waals surface area contributed by atoms with E-state index in [0.717, 1.165) is 6.20 Å². The van der Waals surface area contributed by atoms with E-state index in [1.165, 1.54) is 0 Å². The number of rotatable bonds is 2. The molecule has 1 heterocycles. The molecule has 60 valence electrons. The van der Waals surface area contributed by atoms with Crippen molar-refractivity contribution in [1.29, 1.82) is 0 Å². The Hall–Kier alpha value is -1.39. The van der Waals surface area contributed by atoms with Crippen LogP contribution in [0.4, 0.5) is 16.2 Å². The lowest BCUT2D eigenvalue weighted by Gasteiger charge is -2.00. The summed E-state index contributed by atoms with van der Waals surface area (Å²) < 4.78 is 12.5. The van der Waals surface area contributed by atoms with Crippen molar-refractivity contribution in [3.05, 3.63) is 12.0 Å². The molecule has 0 amide bonds. The lowest BCUT2D eigenvalue weighted by molar-refractivity contribution is 0.620. The van der Waals surface area contributed by atoms with Gasteiger partial charge in [-0.3, -0.25) is 0 Å². The zero-order valence-electron chi connectivity index (χ0n) is 6.13. The van der Waals surface area contributed by atoms with Crippen LogP contribution in [0.25, 0.3) is 0 Å². The summed E-state index contributed by atoms with van der Waals surface area (Å²) in [6.07, 6.45) is 1.04. The van der Waals surface area contributed by atoms with E-state index in [4.69, 9.17) is 5.73 Å². The summed E-state index contributed by atoms with van der Waals surface area (Å²) in [5.74, 6) is -0.367. The number of aromatic nitrogens is 2. The fraction of sp³-hybridized carbons (Fsp3) is 0.333. The topological polar surface area (TPSA) is 63.8 Å². The Morgan fingerprint density at radius 2 is 2.45 bits per heavy atom. The molecule has 0 aromatic carbocycles. The van der Waals surface area contributed by atoms with Crippen LogP contribution in [0.15, 0.2) is 6.20 Å². The van der Waals surface area contributed by atoms with Gasteiger partial charge in [-0.05, 0) is 6.92 Å². The highest BCUT2D eigenvalue weighted by molar-refractivity contribution is 5.36. The number of hydrogen-bond donors (Lipinski definition) is 2. The van der Waals surface area contributed by atoms with Crippen molar-refractivity contribution >= 4 is 11.8 Å². The molecule has 0 saturated heterocycles. The molecule has 11 heavy (non-hydrogen) atoms. The van der Waals surface area contributed by atoms with E-state index >= 15 is 0 Å². The van der Waals surface area contributed by atoms with E-state index in [0.29, 0.717) is 12.5 Å². The normalized spacial score (nSPS) is 9.64. The number of halogens is 1. The number of hydrogen-bond acceptors (Lipinski definition) is 4. The lowest BCUT2D eigenvalue weighted by Crippen LogP contribution is -2.05. The fourth-order valence-electron chi connectivity index (χ4n) is 0.624. The highest BCUT2D eigenvalue weighted by atomic mass is 19.1. The minimum absolute atomic E-state index is 0.129. The summed E-state index contributed by atoms with van der Waals surface area (Å²) in [6.45, 7) is 2.58. The summed E-state index contributed by atoms with van der Waals surface area (Å²) in [4.78, 5) is 7.29. The van der Waals surface area contributed by atoms with Crippen LogP contribution in [0.3, 0.4) is 0 Å². The summed E-state index contributed by atoms with van der Waals surface area (Å²) in [5.41, 5.74) is 5.18. The van der Waals surface area contributed by atoms with Crippen molar-refractivity contribution in [3.8, 4) is 0 Å². The van der Waals surface area contributed by atoms with Gasteiger partial charge in [0, 0.05) is 6.54 Å². The van der Waals surface area contributed by atoms with E-state index in [-0.39, 0.29) is 5.82 Å². The van der Waals surface area contributed by atoms with Crippen LogP contribution in [-0.4, -0.2) is 16.5 Å². The molecule has 0 unspecified atom stereocenters. The fourth-order valence-corrected chi connectivity index (χ4v) is 0.624. The number of nitrogens with two attached hydrogens (primary N) is 1. The van der Waals surface area contributed by atoms with Crippen molar-refractivity contribution in [2.75, 3.05) is 17.6 Å². The van der Waals surface area contributed by atoms with E-state index in [1.807, 2.05) is 6.92 Å². The van der Waals surface area contributed by atoms with Crippen LogP contribution < -0.4 is 11.1 Å². The average Bonchev–Trinajstić information content (AvgIpc) is 1.98. The Bertz CT molecular complexity index is 250. The molecule has 0 fully saturated rings. The van der Waals surface area contributed by atoms with Crippen LogP contribution >= 0.6 is 0 Å². The maximum absolute atomic E-state index is 12.5. The van der Waals surface area contributed by atoms with Crippen molar-refractivity contribution in [2.45, 2.75) is 6.92 Å². The molecule has 0 aliphatic heterocycles. The van der Waals surface area contributed by atoms with Gasteiger partial charge in [0.2, 0.25) is 5.95 Å². The van der Waals surface area contributed by atoms with Crippen LogP contribution in [0.2, 0.25) is 0 Å². The molecule has 0 aliphatic rings. The maximum Gasteiger partial charge on any atom is 0.224 e. The average molecular weight is 156 g/mol. The van der Waals surface area contributed by atoms with Crippen molar-refractivity contribution in [2.24, 2.45) is 0 Å². The second kappa shape index (κ2) is 3.14. The van der Waals surface area contributed by atoms with Gasteiger partial charge in [-0.15, -0.1) is 0 Å². The van der Waals surface area contributed by atoms with Gasteiger partial charge < -0.3 is 11.1 Å². The minimum atomic E-state index is -0.591. The smallest absolute Gasteiger partial charge is 0.224 e. The monoisotopic (exact) mass is 156 g/mol. The molecule has 4 nitrogen and oxygen atoms in total. The first-order valence-electron chi connectivity index (χ1n) is 3.26. The van der Waals surface area contributed by atoms with Crippen molar-refractivity contribution in [1.82, 2.24) is 9.97 Å². The van der Waals surface area contributed by atoms with Gasteiger partial charge in [-0.2, -0.15) is 4.98 Å². The van der Waals surface area contributed by atoms with Gasteiger partial charge in [0.25, 0.3) is 0 Å². The summed E-state index contributed by atoms with van der Waals surface area (Å²) in [6, 6.07) is 0. The Balaban J connectivity index is 2.86. The van der Waals surface area contributed by atoms with Gasteiger partial charge in [-0.1, -0.05) is 0 Å². The van der Waals surface area contributed by atoms with Gasteiger partial charge >= 0.3 is 0 Å². The molecule has 0 atom stereocenters. The predicted octanol–water partition coefficient (Wildman–Crippen LogP) is 0.630. The van der Waals surface area contributed by atoms with Gasteiger partial charge in [0.05, 0.1) is 6.20 Å². The first kappa shape index (κ1) is 7.71. The number of nitrogens with zero attached hydrogens (tertiary/aromatic N) is 2. The largest absolute Gasteiger partial charge is 0.381 e. The third kappa shape index (κ3) is 1.76. The number of nitrogen functional groups attached to an aromatic ring is 1. The highest BCUT2D eigenvalue weighted by Crippen LogP contribution is 2.06. The van der Waals surface area contributed by atoms with Crippen molar-refractivity contribution in [3.63, 3.8) is 0 Å². The first-order chi connectivity index (χ1) is 5.24. The maximum atomic E-state index is 12.5. The van der Waals surface area contributed by atoms with E-state index in [2.05, 4.69) is 15.3 Å². The highest BCUT2D eigenvalue weighted by Gasteiger charge is 2.00. The minimum Gasteiger partial charge on any atom is -0.381 e. The molecule has 0 saturated carbocycles. The van der Waals surface area contributed by atoms with Crippen LogP contribution in [0, 0.1) is 5.82 Å². The lowest BCUT2D eigenvalue weighted by atomic mass is 10.5. The molecule has 0 aliphatic carbocycles. The number of anilines is 2. The SMILES string of the molecule is CCNc1ncc(F)c(N)n1. The van der Waals surface area contributed by atoms with Crippen LogP contribution in [0.5, 0.6) is 0 Å². The van der Waals surface area contributed by atoms with E-state index < -0.39 is 5.82 Å². The molecule has 1 aromatic rings. The predicted molar refractivity (Wildman–Crippen MR) is 40.6 cm³/mol. The second-order valence-electron chi connectivity index (χ2n) is 1.96. The molecule has 0 radical (unpaired) electrons. The first-order valence-corrected chi connectivity index (χ1v) is 3.26. The molecule has 0 spiro atoms. The molecule has 0 bridgehead atoms. The van der Waals surface area contributed by atoms with E-state index in [9.17, 15) is 4.39 Å². The van der Waals surface area contributed by atoms with Gasteiger partial charge in [0.1, 0.15) is 0 Å². The number of nitrogens with one attached hydrogen (secondary N) is 1. The Labute approximate surface area is 63.7 Å². The third-order valence-corrected chi connectivity index (χ3v) is 1.11. The zero-order chi connectivity index (χ0) is 8.27. The quantitative estimate of drug-likeness (QED) is 0.659. The molecule has 1 aromatic heterocycles. The van der Waals surface area contributed by atoms with Gasteiger partial charge in [-0.25, -0.2) is 9.37 Å². The molecule has 3 N–H and O–H groups in total. The van der Waals surface area contributed by atoms with Crippen molar-refractivity contribution < 1.29 is 4.39 Å². The summed E-state index contributed by atoms with van der Waals surface area (Å²) in [5, 5.41) is 2.81. The molecule has 5 heteroatoms. The van der Waals surface area contributed by atoms with Crippen LogP contribution in [-0.2, 0) is 0 Å². The van der Waals surface area contributed by atoms with E-state index in [1.54, 1.807) is 0 Å². The molecule has 1 rings (SSSR count). The third-order valence-electron chi connectivity index (χ3n) is 1.11. The molecular weight excluding hydrogens is 147 g/mol. The second-order valence-corrected chi connectivity index (χ2v) is 1.96.